The summed E-state index contributed by atoms with van der Waals surface area (Å²) in [5.41, 5.74) is 6.44. The largest absolute Gasteiger partial charge is 0.496 e. The number of hydrogen-bond donors (Lipinski definition) is 1. The van der Waals surface area contributed by atoms with Gasteiger partial charge < -0.3 is 19.5 Å². The number of aryl methyl sites for hydroxylation is 1. The maximum Gasteiger partial charge on any atom is 0.409 e. The zero-order valence-electron chi connectivity index (χ0n) is 19.2. The molecule has 0 aromatic heterocycles. The fourth-order valence-electron chi connectivity index (χ4n) is 5.33. The maximum atomic E-state index is 13.1. The summed E-state index contributed by atoms with van der Waals surface area (Å²) in [6.45, 7) is 2.54. The van der Waals surface area contributed by atoms with Crippen LogP contribution < -0.4 is 4.74 Å². The highest BCUT2D eigenvalue weighted by molar-refractivity contribution is 5.79. The summed E-state index contributed by atoms with van der Waals surface area (Å²) in [6.07, 6.45) is -0.485. The monoisotopic (exact) mass is 457 g/mol. The number of nitrogens with zero attached hydrogens (tertiary/aromatic N) is 1. The predicted octanol–water partition coefficient (Wildman–Crippen LogP) is 5.05. The molecule has 6 heteroatoms. The van der Waals surface area contributed by atoms with Gasteiger partial charge in [-0.15, -0.1) is 0 Å². The number of amides is 1. The summed E-state index contributed by atoms with van der Waals surface area (Å²) < 4.78 is 11.3. The number of aliphatic carboxylic acids is 1. The number of carbonyl (C=O) groups excluding carboxylic acids is 1. The Morgan fingerprint density at radius 2 is 1.59 bits per heavy atom. The van der Waals surface area contributed by atoms with Crippen molar-refractivity contribution in [1.29, 1.82) is 0 Å². The number of ether oxygens (including phenoxy) is 2. The lowest BCUT2D eigenvalue weighted by Gasteiger charge is -2.20. The molecule has 0 radical (unpaired) electrons. The standard InChI is InChI=1S/C28H27NO5/c1-17-11-12-22(26(13-17)33-2)23-14-29(15-24(23)27(30)31)28(32)34-16-25-20-9-5-3-7-18(20)19-8-4-6-10-21(19)25/h3-13,23-25H,14-16H2,1-2H3,(H,30,31). The molecule has 2 aliphatic rings. The van der Waals surface area contributed by atoms with Crippen LogP contribution in [0.1, 0.15) is 34.1 Å². The number of fused-ring (bicyclic) bond motifs is 3. The molecule has 6 nitrogen and oxygen atoms in total. The van der Waals surface area contributed by atoms with Crippen LogP contribution in [0.2, 0.25) is 0 Å². The van der Waals surface area contributed by atoms with Crippen LogP contribution in [0.15, 0.2) is 66.7 Å². The first-order valence-corrected chi connectivity index (χ1v) is 11.4. The number of carbonyl (C=O) groups is 2. The van der Waals surface area contributed by atoms with Crippen LogP contribution >= 0.6 is 0 Å². The summed E-state index contributed by atoms with van der Waals surface area (Å²) in [6, 6.07) is 22.1. The van der Waals surface area contributed by atoms with Crippen molar-refractivity contribution in [2.24, 2.45) is 5.92 Å². The molecule has 1 N–H and O–H groups in total. The van der Waals surface area contributed by atoms with E-state index in [0.29, 0.717) is 5.75 Å². The van der Waals surface area contributed by atoms with Crippen molar-refractivity contribution in [2.75, 3.05) is 26.8 Å². The van der Waals surface area contributed by atoms with Crippen molar-refractivity contribution in [1.82, 2.24) is 4.90 Å². The molecule has 0 bridgehead atoms. The van der Waals surface area contributed by atoms with Crippen LogP contribution in [0.4, 0.5) is 4.79 Å². The molecule has 1 fully saturated rings. The Morgan fingerprint density at radius 3 is 2.21 bits per heavy atom. The maximum absolute atomic E-state index is 13.1. The summed E-state index contributed by atoms with van der Waals surface area (Å²) >= 11 is 0. The van der Waals surface area contributed by atoms with Crippen molar-refractivity contribution >= 4 is 12.1 Å². The number of likely N-dealkylation sites (tertiary alicyclic amines) is 1. The minimum atomic E-state index is -0.929. The lowest BCUT2D eigenvalue weighted by atomic mass is 9.88. The van der Waals surface area contributed by atoms with Crippen molar-refractivity contribution in [3.8, 4) is 16.9 Å². The average molecular weight is 458 g/mol. The van der Waals surface area contributed by atoms with E-state index in [1.54, 1.807) is 7.11 Å². The highest BCUT2D eigenvalue weighted by Gasteiger charge is 2.42. The van der Waals surface area contributed by atoms with Crippen LogP contribution in [-0.4, -0.2) is 48.9 Å². The molecule has 3 aromatic carbocycles. The lowest BCUT2D eigenvalue weighted by molar-refractivity contribution is -0.141. The minimum absolute atomic E-state index is 0.0396. The molecule has 34 heavy (non-hydrogen) atoms. The molecule has 1 aliphatic carbocycles. The van der Waals surface area contributed by atoms with Crippen molar-refractivity contribution in [2.45, 2.75) is 18.8 Å². The van der Waals surface area contributed by atoms with Gasteiger partial charge in [0.1, 0.15) is 12.4 Å². The fourth-order valence-corrected chi connectivity index (χ4v) is 5.33. The van der Waals surface area contributed by atoms with Gasteiger partial charge in [0.05, 0.1) is 13.0 Å². The highest BCUT2D eigenvalue weighted by atomic mass is 16.6. The minimum Gasteiger partial charge on any atom is -0.496 e. The smallest absolute Gasteiger partial charge is 0.409 e. The van der Waals surface area contributed by atoms with Gasteiger partial charge in [-0.05, 0) is 46.4 Å². The number of carboxylic acid groups (broad SMARTS) is 1. The second kappa shape index (κ2) is 8.86. The van der Waals surface area contributed by atoms with Gasteiger partial charge in [-0.3, -0.25) is 4.79 Å². The number of hydrogen-bond acceptors (Lipinski definition) is 4. The fraction of sp³-hybridized carbons (Fsp3) is 0.286. The van der Waals surface area contributed by atoms with Crippen molar-refractivity contribution in [3.63, 3.8) is 0 Å². The Bertz CT molecular complexity index is 1210. The van der Waals surface area contributed by atoms with E-state index < -0.39 is 18.0 Å². The van der Waals surface area contributed by atoms with Gasteiger partial charge in [0, 0.05) is 24.9 Å². The first-order valence-electron chi connectivity index (χ1n) is 11.4. The molecule has 1 amide bonds. The number of benzene rings is 3. The van der Waals surface area contributed by atoms with E-state index in [9.17, 15) is 14.7 Å². The predicted molar refractivity (Wildman–Crippen MR) is 128 cm³/mol. The molecule has 2 atom stereocenters. The molecule has 174 valence electrons. The Labute approximate surface area is 198 Å². The number of rotatable bonds is 5. The van der Waals surface area contributed by atoms with E-state index >= 15 is 0 Å². The van der Waals surface area contributed by atoms with Gasteiger partial charge >= 0.3 is 12.1 Å². The molecule has 0 spiro atoms. The van der Waals surface area contributed by atoms with Gasteiger partial charge in [-0.2, -0.15) is 0 Å². The Hall–Kier alpha value is -3.80. The molecule has 2 unspecified atom stereocenters. The van der Waals surface area contributed by atoms with E-state index in [1.807, 2.05) is 49.4 Å². The molecule has 1 heterocycles. The number of carboxylic acids is 1. The van der Waals surface area contributed by atoms with Gasteiger partial charge in [0.2, 0.25) is 0 Å². The van der Waals surface area contributed by atoms with E-state index in [4.69, 9.17) is 9.47 Å². The third-order valence-corrected chi connectivity index (χ3v) is 7.02. The SMILES string of the molecule is COc1cc(C)ccc1C1CN(C(=O)OCC2c3ccccc3-c3ccccc32)CC1C(=O)O. The van der Waals surface area contributed by atoms with Gasteiger partial charge in [-0.25, -0.2) is 4.79 Å². The van der Waals surface area contributed by atoms with Gasteiger partial charge in [-0.1, -0.05) is 60.7 Å². The van der Waals surface area contributed by atoms with Crippen molar-refractivity contribution in [3.05, 3.63) is 89.0 Å². The second-order valence-corrected chi connectivity index (χ2v) is 9.01. The zero-order valence-corrected chi connectivity index (χ0v) is 19.2. The third kappa shape index (κ3) is 3.79. The quantitative estimate of drug-likeness (QED) is 0.580. The Morgan fingerprint density at radius 1 is 0.941 bits per heavy atom. The average Bonchev–Trinajstić information content (AvgIpc) is 3.43. The van der Waals surface area contributed by atoms with Crippen LogP contribution in [0.5, 0.6) is 5.75 Å². The van der Waals surface area contributed by atoms with E-state index in [-0.39, 0.29) is 31.5 Å². The first kappa shape index (κ1) is 22.0. The molecule has 5 rings (SSSR count). The topological polar surface area (TPSA) is 76.1 Å². The Kier molecular flexibility index (Phi) is 5.74. The van der Waals surface area contributed by atoms with E-state index in [0.717, 1.165) is 33.4 Å². The van der Waals surface area contributed by atoms with Crippen LogP contribution in [0.25, 0.3) is 11.1 Å². The molecule has 1 aliphatic heterocycles. The van der Waals surface area contributed by atoms with Crippen molar-refractivity contribution < 1.29 is 24.2 Å². The van der Waals surface area contributed by atoms with Crippen LogP contribution in [0, 0.1) is 12.8 Å². The van der Waals surface area contributed by atoms with Crippen LogP contribution in [0.3, 0.4) is 0 Å². The molecular formula is C28H27NO5. The summed E-state index contributed by atoms with van der Waals surface area (Å²) in [5.74, 6) is -1.42. The normalized spacial score (nSPS) is 18.9. The van der Waals surface area contributed by atoms with E-state index in [2.05, 4.69) is 24.3 Å². The molecule has 3 aromatic rings. The summed E-state index contributed by atoms with van der Waals surface area (Å²) in [7, 11) is 1.58. The molecule has 1 saturated heterocycles. The second-order valence-electron chi connectivity index (χ2n) is 9.01. The van der Waals surface area contributed by atoms with E-state index in [1.165, 1.54) is 4.90 Å². The zero-order chi connectivity index (χ0) is 23.8. The Balaban J connectivity index is 1.34. The third-order valence-electron chi connectivity index (χ3n) is 7.02. The first-order chi connectivity index (χ1) is 16.5. The number of methoxy groups -OCH3 is 1. The van der Waals surface area contributed by atoms with Gasteiger partial charge in [0.15, 0.2) is 0 Å². The molecular weight excluding hydrogens is 430 g/mol. The molecule has 0 saturated carbocycles. The van der Waals surface area contributed by atoms with Crippen LogP contribution in [-0.2, 0) is 9.53 Å². The summed E-state index contributed by atoms with van der Waals surface area (Å²) in [5, 5.41) is 9.86. The summed E-state index contributed by atoms with van der Waals surface area (Å²) in [4.78, 5) is 26.6. The lowest BCUT2D eigenvalue weighted by Crippen LogP contribution is -2.31. The van der Waals surface area contributed by atoms with Gasteiger partial charge in [0.25, 0.3) is 0 Å². The highest BCUT2D eigenvalue weighted by Crippen LogP contribution is 2.45.